The third kappa shape index (κ3) is 3.87. The van der Waals surface area contributed by atoms with Gasteiger partial charge in [-0.2, -0.15) is 0 Å². The molecule has 1 saturated carbocycles. The van der Waals surface area contributed by atoms with Gasteiger partial charge in [-0.25, -0.2) is 0 Å². The number of amides is 3. The minimum absolute atomic E-state index is 0.0922. The molecule has 3 rings (SSSR count). The summed E-state index contributed by atoms with van der Waals surface area (Å²) in [6.07, 6.45) is 3.73. The molecular formula is C19H23ClN2O3. The molecule has 25 heavy (non-hydrogen) atoms. The molecular weight excluding hydrogens is 340 g/mol. The average molecular weight is 363 g/mol. The summed E-state index contributed by atoms with van der Waals surface area (Å²) in [5.41, 5.74) is 0.917. The fourth-order valence-corrected chi connectivity index (χ4v) is 4.04. The molecule has 1 aliphatic carbocycles. The summed E-state index contributed by atoms with van der Waals surface area (Å²) in [4.78, 5) is 38.3. The SMILES string of the molecule is C[C@@H](NC(=O)CCN1C(=O)[C@H]2CCCC[C@@H]2C1=O)c1cccc(Cl)c1. The third-order valence-corrected chi connectivity index (χ3v) is 5.46. The predicted octanol–water partition coefficient (Wildman–Crippen LogP) is 3.08. The number of likely N-dealkylation sites (tertiary alicyclic amines) is 1. The van der Waals surface area contributed by atoms with Crippen LogP contribution in [0.1, 0.15) is 50.6 Å². The first kappa shape index (κ1) is 17.9. The Balaban J connectivity index is 1.53. The van der Waals surface area contributed by atoms with Gasteiger partial charge in [-0.1, -0.05) is 36.6 Å². The number of imide groups is 1. The Morgan fingerprint density at radius 3 is 2.48 bits per heavy atom. The highest BCUT2D eigenvalue weighted by atomic mass is 35.5. The lowest BCUT2D eigenvalue weighted by Gasteiger charge is -2.19. The number of nitrogens with zero attached hydrogens (tertiary/aromatic N) is 1. The molecule has 1 saturated heterocycles. The molecule has 1 N–H and O–H groups in total. The molecule has 1 aliphatic heterocycles. The van der Waals surface area contributed by atoms with Crippen LogP contribution in [0.3, 0.4) is 0 Å². The second-order valence-corrected chi connectivity index (χ2v) is 7.36. The van der Waals surface area contributed by atoms with E-state index in [4.69, 9.17) is 11.6 Å². The van der Waals surface area contributed by atoms with E-state index in [-0.39, 0.29) is 48.6 Å². The summed E-state index contributed by atoms with van der Waals surface area (Å²) in [5.74, 6) is -0.678. The summed E-state index contributed by atoms with van der Waals surface area (Å²) >= 11 is 5.97. The maximum atomic E-state index is 12.4. The Labute approximate surface area is 152 Å². The molecule has 5 nitrogen and oxygen atoms in total. The van der Waals surface area contributed by atoms with E-state index in [9.17, 15) is 14.4 Å². The minimum Gasteiger partial charge on any atom is -0.350 e. The smallest absolute Gasteiger partial charge is 0.233 e. The van der Waals surface area contributed by atoms with Crippen molar-refractivity contribution in [3.63, 3.8) is 0 Å². The monoisotopic (exact) mass is 362 g/mol. The standard InChI is InChI=1S/C19H23ClN2O3/c1-12(13-5-4-6-14(20)11-13)21-17(23)9-10-22-18(24)15-7-2-3-8-16(15)19(22)25/h4-6,11-12,15-16H,2-3,7-10H2,1H3,(H,21,23)/t12-,15+,16+/m1/s1. The van der Waals surface area contributed by atoms with Gasteiger partial charge in [-0.15, -0.1) is 0 Å². The van der Waals surface area contributed by atoms with Gasteiger partial charge in [0.2, 0.25) is 17.7 Å². The van der Waals surface area contributed by atoms with Gasteiger partial charge < -0.3 is 5.32 Å². The van der Waals surface area contributed by atoms with Gasteiger partial charge in [0, 0.05) is 18.0 Å². The number of halogens is 1. The summed E-state index contributed by atoms with van der Waals surface area (Å²) in [5, 5.41) is 3.51. The summed E-state index contributed by atoms with van der Waals surface area (Å²) in [6, 6.07) is 7.14. The average Bonchev–Trinajstić information content (AvgIpc) is 2.84. The van der Waals surface area contributed by atoms with Crippen molar-refractivity contribution in [1.29, 1.82) is 0 Å². The van der Waals surface area contributed by atoms with Crippen LogP contribution in [0.2, 0.25) is 5.02 Å². The van der Waals surface area contributed by atoms with Gasteiger partial charge in [0.15, 0.2) is 0 Å². The van der Waals surface area contributed by atoms with Crippen molar-refractivity contribution in [1.82, 2.24) is 10.2 Å². The van der Waals surface area contributed by atoms with Crippen LogP contribution in [0, 0.1) is 11.8 Å². The van der Waals surface area contributed by atoms with Crippen molar-refractivity contribution in [3.05, 3.63) is 34.9 Å². The molecule has 0 bridgehead atoms. The zero-order valence-corrected chi connectivity index (χ0v) is 15.1. The van der Waals surface area contributed by atoms with Crippen LogP contribution in [0.5, 0.6) is 0 Å². The van der Waals surface area contributed by atoms with Gasteiger partial charge in [0.1, 0.15) is 0 Å². The first-order valence-electron chi connectivity index (χ1n) is 8.87. The number of rotatable bonds is 5. The van der Waals surface area contributed by atoms with Crippen molar-refractivity contribution in [2.45, 2.75) is 45.1 Å². The van der Waals surface area contributed by atoms with E-state index in [1.54, 1.807) is 6.07 Å². The molecule has 0 aromatic heterocycles. The number of benzene rings is 1. The van der Waals surface area contributed by atoms with E-state index in [1.807, 2.05) is 25.1 Å². The number of fused-ring (bicyclic) bond motifs is 1. The molecule has 6 heteroatoms. The third-order valence-electron chi connectivity index (χ3n) is 5.22. The van der Waals surface area contributed by atoms with E-state index >= 15 is 0 Å². The minimum atomic E-state index is -0.182. The highest BCUT2D eigenvalue weighted by molar-refractivity contribution is 6.30. The van der Waals surface area contributed by atoms with E-state index < -0.39 is 0 Å². The molecule has 1 aromatic carbocycles. The Morgan fingerprint density at radius 2 is 1.88 bits per heavy atom. The first-order valence-corrected chi connectivity index (χ1v) is 9.25. The molecule has 134 valence electrons. The van der Waals surface area contributed by atoms with Crippen LogP contribution in [-0.2, 0) is 14.4 Å². The van der Waals surface area contributed by atoms with Crippen LogP contribution < -0.4 is 5.32 Å². The van der Waals surface area contributed by atoms with E-state index in [0.29, 0.717) is 5.02 Å². The molecule has 0 unspecified atom stereocenters. The first-order chi connectivity index (χ1) is 12.0. The Kier molecular flexibility index (Phi) is 5.42. The molecule has 1 aromatic rings. The number of carbonyl (C=O) groups is 3. The Bertz CT molecular complexity index is 667. The number of nitrogens with one attached hydrogen (secondary N) is 1. The largest absolute Gasteiger partial charge is 0.350 e. The Morgan fingerprint density at radius 1 is 1.24 bits per heavy atom. The van der Waals surface area contributed by atoms with Crippen molar-refractivity contribution < 1.29 is 14.4 Å². The zero-order chi connectivity index (χ0) is 18.0. The van der Waals surface area contributed by atoms with Gasteiger partial charge in [-0.05, 0) is 37.5 Å². The number of hydrogen-bond donors (Lipinski definition) is 1. The zero-order valence-electron chi connectivity index (χ0n) is 14.3. The maximum Gasteiger partial charge on any atom is 0.233 e. The van der Waals surface area contributed by atoms with Crippen LogP contribution in [-0.4, -0.2) is 29.2 Å². The number of carbonyl (C=O) groups excluding carboxylic acids is 3. The quantitative estimate of drug-likeness (QED) is 0.818. The molecule has 0 spiro atoms. The van der Waals surface area contributed by atoms with E-state index in [0.717, 1.165) is 31.2 Å². The van der Waals surface area contributed by atoms with Crippen LogP contribution in [0.4, 0.5) is 0 Å². The van der Waals surface area contributed by atoms with Gasteiger partial charge in [-0.3, -0.25) is 19.3 Å². The predicted molar refractivity (Wildman–Crippen MR) is 94.8 cm³/mol. The van der Waals surface area contributed by atoms with Crippen molar-refractivity contribution in [2.75, 3.05) is 6.54 Å². The van der Waals surface area contributed by atoms with Crippen molar-refractivity contribution >= 4 is 29.3 Å². The highest BCUT2D eigenvalue weighted by Gasteiger charge is 2.47. The fraction of sp³-hybridized carbons (Fsp3) is 0.526. The fourth-order valence-electron chi connectivity index (χ4n) is 3.84. The molecule has 2 aliphatic rings. The molecule has 0 radical (unpaired) electrons. The molecule has 3 atom stereocenters. The van der Waals surface area contributed by atoms with Gasteiger partial charge in [0.25, 0.3) is 0 Å². The Hall–Kier alpha value is -1.88. The lowest BCUT2D eigenvalue weighted by Crippen LogP contribution is -2.36. The normalized spacial score (nSPS) is 24.2. The topological polar surface area (TPSA) is 66.5 Å². The maximum absolute atomic E-state index is 12.4. The number of hydrogen-bond acceptors (Lipinski definition) is 3. The lowest BCUT2D eigenvalue weighted by molar-refractivity contribution is -0.140. The highest BCUT2D eigenvalue weighted by Crippen LogP contribution is 2.37. The summed E-state index contributed by atoms with van der Waals surface area (Å²) in [7, 11) is 0. The van der Waals surface area contributed by atoms with Gasteiger partial charge >= 0.3 is 0 Å². The van der Waals surface area contributed by atoms with Crippen LogP contribution in [0.15, 0.2) is 24.3 Å². The van der Waals surface area contributed by atoms with E-state index in [1.165, 1.54) is 4.90 Å². The molecule has 3 amide bonds. The molecule has 1 heterocycles. The summed E-state index contributed by atoms with van der Waals surface area (Å²) in [6.45, 7) is 2.04. The van der Waals surface area contributed by atoms with Crippen LogP contribution >= 0.6 is 11.6 Å². The van der Waals surface area contributed by atoms with Gasteiger partial charge in [0.05, 0.1) is 17.9 Å². The van der Waals surface area contributed by atoms with Crippen molar-refractivity contribution in [3.8, 4) is 0 Å². The van der Waals surface area contributed by atoms with Crippen molar-refractivity contribution in [2.24, 2.45) is 11.8 Å². The molecule has 2 fully saturated rings. The second-order valence-electron chi connectivity index (χ2n) is 6.92. The van der Waals surface area contributed by atoms with E-state index in [2.05, 4.69) is 5.32 Å². The van der Waals surface area contributed by atoms with Crippen LogP contribution in [0.25, 0.3) is 0 Å². The second kappa shape index (κ2) is 7.56. The lowest BCUT2D eigenvalue weighted by atomic mass is 9.81. The summed E-state index contributed by atoms with van der Waals surface area (Å²) < 4.78 is 0.